The van der Waals surface area contributed by atoms with Crippen molar-refractivity contribution in [2.75, 3.05) is 0 Å². The van der Waals surface area contributed by atoms with Crippen molar-refractivity contribution < 1.29 is 9.59 Å². The van der Waals surface area contributed by atoms with Crippen LogP contribution in [0.1, 0.15) is 65.1 Å². The third-order valence-corrected chi connectivity index (χ3v) is 5.97. The van der Waals surface area contributed by atoms with E-state index in [4.69, 9.17) is 0 Å². The van der Waals surface area contributed by atoms with Crippen LogP contribution in [-0.4, -0.2) is 11.7 Å². The molecule has 3 rings (SSSR count). The van der Waals surface area contributed by atoms with Gasteiger partial charge in [0.15, 0.2) is 0 Å². The molecule has 0 aliphatic heterocycles. The Morgan fingerprint density at radius 1 is 1.00 bits per heavy atom. The molecule has 4 heteroatoms. The van der Waals surface area contributed by atoms with Crippen molar-refractivity contribution >= 4 is 23.0 Å². The summed E-state index contributed by atoms with van der Waals surface area (Å²) in [7, 11) is 0. The molecular weight excluding hydrogens is 330 g/mol. The van der Waals surface area contributed by atoms with Gasteiger partial charge in [-0.3, -0.25) is 9.59 Å². The van der Waals surface area contributed by atoms with Crippen LogP contribution < -0.4 is 5.32 Å². The number of hydrogen-bond acceptors (Lipinski definition) is 3. The zero-order chi connectivity index (χ0) is 17.5. The van der Waals surface area contributed by atoms with Crippen molar-refractivity contribution in [1.29, 1.82) is 0 Å². The van der Waals surface area contributed by atoms with E-state index in [2.05, 4.69) is 5.32 Å². The van der Waals surface area contributed by atoms with Gasteiger partial charge in [0, 0.05) is 16.9 Å². The van der Waals surface area contributed by atoms with E-state index >= 15 is 0 Å². The van der Waals surface area contributed by atoms with Crippen LogP contribution in [0.2, 0.25) is 0 Å². The summed E-state index contributed by atoms with van der Waals surface area (Å²) in [4.78, 5) is 26.2. The van der Waals surface area contributed by atoms with E-state index in [0.717, 1.165) is 22.1 Å². The van der Waals surface area contributed by atoms with Crippen LogP contribution in [0.25, 0.3) is 0 Å². The molecule has 0 radical (unpaired) electrons. The Morgan fingerprint density at radius 2 is 1.76 bits per heavy atom. The quantitative estimate of drug-likeness (QED) is 0.714. The third-order valence-electron chi connectivity index (χ3n) is 4.89. The Labute approximate surface area is 153 Å². The van der Waals surface area contributed by atoms with Gasteiger partial charge in [-0.1, -0.05) is 62.4 Å². The molecule has 0 atom stereocenters. The minimum Gasteiger partial charge on any atom is -0.351 e. The monoisotopic (exact) mass is 355 g/mol. The second-order valence-corrected chi connectivity index (χ2v) is 7.95. The van der Waals surface area contributed by atoms with Crippen LogP contribution in [0.15, 0.2) is 42.5 Å². The highest BCUT2D eigenvalue weighted by Gasteiger charge is 2.15. The van der Waals surface area contributed by atoms with Gasteiger partial charge in [0.05, 0.1) is 11.4 Å². The lowest BCUT2D eigenvalue weighted by Crippen LogP contribution is -2.23. The van der Waals surface area contributed by atoms with Gasteiger partial charge in [-0.05, 0) is 24.5 Å². The smallest absolute Gasteiger partial charge is 0.220 e. The van der Waals surface area contributed by atoms with E-state index in [9.17, 15) is 9.59 Å². The molecule has 1 amide bonds. The highest BCUT2D eigenvalue weighted by atomic mass is 32.1. The summed E-state index contributed by atoms with van der Waals surface area (Å²) in [5.74, 6) is 0.895. The molecule has 0 bridgehead atoms. The van der Waals surface area contributed by atoms with E-state index in [1.54, 1.807) is 0 Å². The fraction of sp³-hybridized carbons (Fsp3) is 0.429. The van der Waals surface area contributed by atoms with Crippen molar-refractivity contribution in [1.82, 2.24) is 5.32 Å². The molecular formula is C21H25NO2S. The molecule has 0 spiro atoms. The molecule has 2 aromatic rings. The fourth-order valence-electron chi connectivity index (χ4n) is 3.41. The number of hydrogen-bond donors (Lipinski definition) is 1. The molecule has 1 N–H and O–H groups in total. The average Bonchev–Trinajstić information content (AvgIpc) is 3.14. The van der Waals surface area contributed by atoms with E-state index < -0.39 is 0 Å². The van der Waals surface area contributed by atoms with Crippen LogP contribution in [0, 0.1) is 5.92 Å². The summed E-state index contributed by atoms with van der Waals surface area (Å²) in [5, 5.41) is 2.99. The zero-order valence-electron chi connectivity index (χ0n) is 14.5. The van der Waals surface area contributed by atoms with Gasteiger partial charge in [-0.15, -0.1) is 11.3 Å². The molecule has 1 heterocycles. The molecule has 25 heavy (non-hydrogen) atoms. The van der Waals surface area contributed by atoms with Gasteiger partial charge in [-0.2, -0.15) is 0 Å². The fourth-order valence-corrected chi connectivity index (χ4v) is 4.32. The third kappa shape index (κ3) is 5.27. The molecule has 1 aliphatic carbocycles. The maximum Gasteiger partial charge on any atom is 0.220 e. The predicted molar refractivity (Wildman–Crippen MR) is 102 cm³/mol. The van der Waals surface area contributed by atoms with E-state index in [1.807, 2.05) is 42.5 Å². The van der Waals surface area contributed by atoms with Gasteiger partial charge >= 0.3 is 0 Å². The summed E-state index contributed by atoms with van der Waals surface area (Å²) in [6.45, 7) is 0.510. The van der Waals surface area contributed by atoms with Gasteiger partial charge in [0.25, 0.3) is 0 Å². The first-order valence-electron chi connectivity index (χ1n) is 9.17. The Bertz CT molecular complexity index is 702. The Balaban J connectivity index is 1.45. The minimum atomic E-state index is 0.0421. The second kappa shape index (κ2) is 8.95. The Hall–Kier alpha value is -1.94. The van der Waals surface area contributed by atoms with Gasteiger partial charge < -0.3 is 5.32 Å². The SMILES string of the molecule is O=C(CCC1CCCCC1)NCc1ccc(C(=O)c2ccccc2)s1. The first-order valence-corrected chi connectivity index (χ1v) is 9.99. The van der Waals surface area contributed by atoms with Crippen molar-refractivity contribution in [2.24, 2.45) is 5.92 Å². The number of thiophene rings is 1. The second-order valence-electron chi connectivity index (χ2n) is 6.78. The van der Waals surface area contributed by atoms with Gasteiger partial charge in [-0.25, -0.2) is 0 Å². The number of carbonyl (C=O) groups excluding carboxylic acids is 2. The van der Waals surface area contributed by atoms with Crippen molar-refractivity contribution in [3.63, 3.8) is 0 Å². The van der Waals surface area contributed by atoms with Crippen LogP contribution >= 0.6 is 11.3 Å². The highest BCUT2D eigenvalue weighted by molar-refractivity contribution is 7.14. The molecule has 3 nitrogen and oxygen atoms in total. The maximum absolute atomic E-state index is 12.4. The van der Waals surface area contributed by atoms with E-state index in [-0.39, 0.29) is 11.7 Å². The molecule has 1 aromatic carbocycles. The highest BCUT2D eigenvalue weighted by Crippen LogP contribution is 2.27. The lowest BCUT2D eigenvalue weighted by molar-refractivity contribution is -0.121. The lowest BCUT2D eigenvalue weighted by atomic mass is 9.86. The Kier molecular flexibility index (Phi) is 6.40. The average molecular weight is 356 g/mol. The molecule has 0 unspecified atom stereocenters. The topological polar surface area (TPSA) is 46.2 Å². The normalized spacial score (nSPS) is 15.0. The minimum absolute atomic E-state index is 0.0421. The zero-order valence-corrected chi connectivity index (χ0v) is 15.3. The number of ketones is 1. The lowest BCUT2D eigenvalue weighted by Gasteiger charge is -2.20. The molecule has 1 aliphatic rings. The predicted octanol–water partition coefficient (Wildman–Crippen LogP) is 4.96. The first kappa shape index (κ1) is 17.9. The standard InChI is InChI=1S/C21H25NO2S/c23-20(14-11-16-7-3-1-4-8-16)22-15-18-12-13-19(25-18)21(24)17-9-5-2-6-10-17/h2,5-6,9-10,12-13,16H,1,3-4,7-8,11,14-15H2,(H,22,23). The van der Waals surface area contributed by atoms with E-state index in [1.165, 1.54) is 43.4 Å². The summed E-state index contributed by atoms with van der Waals surface area (Å²) >= 11 is 1.46. The van der Waals surface area contributed by atoms with Crippen molar-refractivity contribution in [3.8, 4) is 0 Å². The van der Waals surface area contributed by atoms with Crippen LogP contribution in [0.4, 0.5) is 0 Å². The summed E-state index contributed by atoms with van der Waals surface area (Å²) in [5.41, 5.74) is 0.701. The Morgan fingerprint density at radius 3 is 2.52 bits per heavy atom. The number of rotatable bonds is 7. The van der Waals surface area contributed by atoms with Crippen LogP contribution in [0.3, 0.4) is 0 Å². The molecule has 1 saturated carbocycles. The number of amides is 1. The molecule has 1 fully saturated rings. The molecule has 1 aromatic heterocycles. The maximum atomic E-state index is 12.4. The van der Waals surface area contributed by atoms with Crippen molar-refractivity contribution in [2.45, 2.75) is 51.5 Å². The number of nitrogens with one attached hydrogen (secondary N) is 1. The van der Waals surface area contributed by atoms with Gasteiger partial charge in [0.1, 0.15) is 0 Å². The number of carbonyl (C=O) groups is 2. The molecule has 132 valence electrons. The first-order chi connectivity index (χ1) is 12.2. The van der Waals surface area contributed by atoms with E-state index in [0.29, 0.717) is 18.5 Å². The summed E-state index contributed by atoms with van der Waals surface area (Å²) in [6.07, 6.45) is 8.18. The van der Waals surface area contributed by atoms with Crippen LogP contribution in [0.5, 0.6) is 0 Å². The number of benzene rings is 1. The summed E-state index contributed by atoms with van der Waals surface area (Å²) < 4.78 is 0. The van der Waals surface area contributed by atoms with Gasteiger partial charge in [0.2, 0.25) is 11.7 Å². The summed E-state index contributed by atoms with van der Waals surface area (Å²) in [6, 6.07) is 13.1. The molecule has 0 saturated heterocycles. The van der Waals surface area contributed by atoms with Crippen molar-refractivity contribution in [3.05, 3.63) is 57.8 Å². The largest absolute Gasteiger partial charge is 0.351 e. The van der Waals surface area contributed by atoms with Crippen LogP contribution in [-0.2, 0) is 11.3 Å².